The first-order chi connectivity index (χ1) is 42.9. The molecule has 16 atom stereocenters. The van der Waals surface area contributed by atoms with Crippen LogP contribution in [-0.4, -0.2) is 197 Å². The maximum atomic E-state index is 13.5. The lowest BCUT2D eigenvalue weighted by Crippen LogP contribution is -2.52. The van der Waals surface area contributed by atoms with Gasteiger partial charge in [0.15, 0.2) is 0 Å². The number of ether oxygens (including phenoxy) is 8. The van der Waals surface area contributed by atoms with Gasteiger partial charge in [-0.05, 0) is 103 Å². The lowest BCUT2D eigenvalue weighted by molar-refractivity contribution is -0.137. The third-order valence-corrected chi connectivity index (χ3v) is 19.8. The summed E-state index contributed by atoms with van der Waals surface area (Å²) in [6.07, 6.45) is 22.5. The molecule has 496 valence electrons. The van der Waals surface area contributed by atoms with Crippen molar-refractivity contribution in [2.75, 3.05) is 52.9 Å². The minimum absolute atomic E-state index is 0.189. The Balaban J connectivity index is 0.803. The Kier molecular flexibility index (Phi) is 27.7. The van der Waals surface area contributed by atoms with Gasteiger partial charge in [-0.2, -0.15) is 0 Å². The van der Waals surface area contributed by atoms with E-state index in [4.69, 9.17) is 37.9 Å². The molecule has 8 amide bonds. The van der Waals surface area contributed by atoms with Crippen LogP contribution in [0, 0.1) is 0 Å². The van der Waals surface area contributed by atoms with Crippen molar-refractivity contribution in [3.63, 3.8) is 0 Å². The van der Waals surface area contributed by atoms with Crippen LogP contribution in [0.4, 0.5) is 0 Å². The third kappa shape index (κ3) is 21.8. The molecule has 0 radical (unpaired) electrons. The molecule has 1 heterocycles. The van der Waals surface area contributed by atoms with E-state index in [9.17, 15) is 38.4 Å². The van der Waals surface area contributed by atoms with Crippen molar-refractivity contribution in [2.24, 2.45) is 0 Å². The van der Waals surface area contributed by atoms with Crippen molar-refractivity contribution < 1.29 is 76.3 Å². The van der Waals surface area contributed by atoms with E-state index in [-0.39, 0.29) is 197 Å². The first kappa shape index (κ1) is 67.8. The largest absolute Gasteiger partial charge is 0.366 e. The monoisotopic (exact) mass is 1240 g/mol. The molecule has 9 aliphatic rings. The summed E-state index contributed by atoms with van der Waals surface area (Å²) in [7, 11) is 0. The van der Waals surface area contributed by atoms with Crippen molar-refractivity contribution in [2.45, 2.75) is 303 Å². The Morgan fingerprint density at radius 2 is 0.273 bits per heavy atom. The molecule has 88 heavy (non-hydrogen) atoms. The van der Waals surface area contributed by atoms with Gasteiger partial charge >= 0.3 is 0 Å². The molecule has 1 saturated heterocycles. The van der Waals surface area contributed by atoms with Gasteiger partial charge in [0.1, 0.15) is 52.9 Å². The summed E-state index contributed by atoms with van der Waals surface area (Å²) >= 11 is 0. The van der Waals surface area contributed by atoms with Crippen LogP contribution in [0.25, 0.3) is 0 Å². The number of nitrogens with one attached hydrogen (secondary N) is 8. The zero-order valence-electron chi connectivity index (χ0n) is 52.1. The van der Waals surface area contributed by atoms with Crippen LogP contribution in [0.2, 0.25) is 0 Å². The average Bonchev–Trinajstić information content (AvgIpc) is 3.72. The van der Waals surface area contributed by atoms with Gasteiger partial charge in [-0.3, -0.25) is 38.4 Å². The third-order valence-electron chi connectivity index (χ3n) is 19.8. The summed E-state index contributed by atoms with van der Waals surface area (Å²) in [6.45, 7) is -1.52. The van der Waals surface area contributed by atoms with E-state index in [1.54, 1.807) is 0 Å². The van der Waals surface area contributed by atoms with Crippen LogP contribution in [0.1, 0.15) is 205 Å². The molecule has 9 rings (SSSR count). The van der Waals surface area contributed by atoms with Crippen molar-refractivity contribution in [3.05, 3.63) is 0 Å². The average molecular weight is 1240 g/mol. The highest BCUT2D eigenvalue weighted by Gasteiger charge is 2.37. The first-order valence-corrected chi connectivity index (χ1v) is 34.2. The van der Waals surface area contributed by atoms with Gasteiger partial charge in [0.2, 0.25) is 47.3 Å². The van der Waals surface area contributed by atoms with Crippen LogP contribution < -0.4 is 42.5 Å². The summed E-state index contributed by atoms with van der Waals surface area (Å²) in [5.41, 5.74) is 0. The molecular formula is C64H104N8O16. The van der Waals surface area contributed by atoms with Crippen molar-refractivity contribution in [1.82, 2.24) is 42.5 Å². The van der Waals surface area contributed by atoms with E-state index in [0.29, 0.717) is 103 Å². The molecule has 9 fully saturated rings. The van der Waals surface area contributed by atoms with Crippen LogP contribution >= 0.6 is 0 Å². The number of rotatable bonds is 0. The van der Waals surface area contributed by atoms with E-state index in [2.05, 4.69) is 42.5 Å². The van der Waals surface area contributed by atoms with Crippen molar-refractivity contribution >= 4 is 47.3 Å². The maximum Gasteiger partial charge on any atom is 0.246 e. The molecule has 1 aliphatic heterocycles. The zero-order chi connectivity index (χ0) is 61.5. The molecule has 0 bridgehead atoms. The van der Waals surface area contributed by atoms with Gasteiger partial charge < -0.3 is 80.4 Å². The molecule has 8 saturated carbocycles. The Hall–Kier alpha value is -4.56. The molecule has 8 N–H and O–H groups in total. The van der Waals surface area contributed by atoms with Crippen molar-refractivity contribution in [3.8, 4) is 0 Å². The standard InChI is InChI=1S/C64H104N8O16/c73-57-33-82-50-26-10-2-18-42(50)67-59(75)35-84-52-28-12-4-20-44(52)69-61(77)37-86-54-30-14-6-22-46(54)71-63(79)39-88-56-32-16-8-24-48(56)72-64(80)40-87-55-31-15-7-23-47(55)70-62(78)38-85-53-29-13-5-21-45(53)68-60(76)36-83-51-27-11-3-19-43(51)66-58(74)34-81-49-25-9-1-17-41(49)65-57/h41-56H,1-40H2,(H,65,73)(H,66,74)(H,67,75)(H,68,76)(H,69,77)(H,70,78)(H,71,79)(H,72,80)/t41-,42-,43-,44-,45-,46-,47-,48-,49-,50-,51-,52-,53-,54-,55-,56-/m0/s1. The minimum atomic E-state index is -0.368. The van der Waals surface area contributed by atoms with Gasteiger partial charge in [0.05, 0.1) is 97.2 Å². The topological polar surface area (TPSA) is 307 Å². The highest BCUT2D eigenvalue weighted by atomic mass is 16.5. The molecule has 0 aromatic carbocycles. The fraction of sp³-hybridized carbons (Fsp3) is 0.875. The molecule has 24 heteroatoms. The van der Waals surface area contributed by atoms with Crippen LogP contribution in [0.15, 0.2) is 0 Å². The van der Waals surface area contributed by atoms with Gasteiger partial charge in [-0.15, -0.1) is 0 Å². The second kappa shape index (κ2) is 35.9. The molecule has 0 spiro atoms. The quantitative estimate of drug-likeness (QED) is 0.172. The molecule has 8 aliphatic carbocycles. The maximum absolute atomic E-state index is 13.5. The summed E-state index contributed by atoms with van der Waals surface area (Å²) in [4.78, 5) is 108. The van der Waals surface area contributed by atoms with Crippen LogP contribution in [-0.2, 0) is 76.3 Å². The fourth-order valence-corrected chi connectivity index (χ4v) is 15.1. The van der Waals surface area contributed by atoms with Gasteiger partial charge in [0, 0.05) is 0 Å². The minimum Gasteiger partial charge on any atom is -0.366 e. The predicted octanol–water partition coefficient (Wildman–Crippen LogP) is 3.55. The second-order valence-electron chi connectivity index (χ2n) is 26.5. The summed E-state index contributed by atoms with van der Waals surface area (Å²) in [5.74, 6) is -2.32. The van der Waals surface area contributed by atoms with E-state index in [1.165, 1.54) is 0 Å². The Labute approximate surface area is 519 Å². The SMILES string of the molecule is O=C1CO[C@H]2CCCC[C@@H]2NC(=O)CO[C@H]2CCCC[C@@H]2NC(=O)CO[C@H]2CCCC[C@@H]2NC(=O)CO[C@H]2CCCC[C@@H]2NC(=O)CO[C@H]2CCCC[C@@H]2NC(=O)CO[C@H]2CCCC[C@@H]2NC(=O)CO[C@H]2CCCC[C@@H]2NC(=O)CO[C@H]2CCCC[C@@H]2N1. The molecule has 0 unspecified atom stereocenters. The number of fused-ring (bicyclic) bond motifs is 8. The Bertz CT molecular complexity index is 1810. The van der Waals surface area contributed by atoms with Crippen LogP contribution in [0.5, 0.6) is 0 Å². The molecule has 24 nitrogen and oxygen atoms in total. The molecule has 0 aromatic rings. The van der Waals surface area contributed by atoms with Gasteiger partial charge in [-0.1, -0.05) is 103 Å². The zero-order valence-corrected chi connectivity index (χ0v) is 52.1. The highest BCUT2D eigenvalue weighted by molar-refractivity contribution is 5.81. The lowest BCUT2D eigenvalue weighted by atomic mass is 9.91. The number of carbonyl (C=O) groups excluding carboxylic acids is 8. The number of amides is 8. The van der Waals surface area contributed by atoms with E-state index in [1.807, 2.05) is 0 Å². The highest BCUT2D eigenvalue weighted by Crippen LogP contribution is 2.29. The summed E-state index contributed by atoms with van der Waals surface area (Å²) in [6, 6.07) is -2.44. The smallest absolute Gasteiger partial charge is 0.246 e. The van der Waals surface area contributed by atoms with Crippen molar-refractivity contribution in [1.29, 1.82) is 0 Å². The fourth-order valence-electron chi connectivity index (χ4n) is 15.1. The normalized spacial score (nSPS) is 37.6. The number of hydrogen-bond acceptors (Lipinski definition) is 16. The van der Waals surface area contributed by atoms with Gasteiger partial charge in [0.25, 0.3) is 0 Å². The van der Waals surface area contributed by atoms with E-state index < -0.39 is 0 Å². The number of carbonyl (C=O) groups is 8. The molecular weight excluding hydrogens is 1140 g/mol. The Morgan fingerprint density at radius 3 is 0.386 bits per heavy atom. The number of hydrogen-bond donors (Lipinski definition) is 8. The second-order valence-corrected chi connectivity index (χ2v) is 26.5. The molecule has 0 aromatic heterocycles. The Morgan fingerprint density at radius 1 is 0.170 bits per heavy atom. The van der Waals surface area contributed by atoms with Gasteiger partial charge in [-0.25, -0.2) is 0 Å². The summed E-state index contributed by atoms with van der Waals surface area (Å²) in [5, 5.41) is 24.9. The van der Waals surface area contributed by atoms with E-state index in [0.717, 1.165) is 103 Å². The lowest BCUT2D eigenvalue weighted by Gasteiger charge is -2.35. The van der Waals surface area contributed by atoms with E-state index >= 15 is 0 Å². The summed E-state index contributed by atoms with van der Waals surface area (Å²) < 4.78 is 49.7. The first-order valence-electron chi connectivity index (χ1n) is 34.2. The predicted molar refractivity (Wildman–Crippen MR) is 321 cm³/mol. The van der Waals surface area contributed by atoms with Crippen LogP contribution in [0.3, 0.4) is 0 Å².